The second kappa shape index (κ2) is 4.04. The zero-order chi connectivity index (χ0) is 6.04. The summed E-state index contributed by atoms with van der Waals surface area (Å²) in [7, 11) is 0. The molecular formula is C7H15ClMg. The van der Waals surface area contributed by atoms with Crippen LogP contribution in [0.5, 0.6) is 0 Å². The molecule has 0 saturated heterocycles. The smallest absolute Gasteiger partial charge is 0.120 e. The number of alkyl halides is 1. The van der Waals surface area contributed by atoms with E-state index in [0.717, 1.165) is 0 Å². The Hall–Kier alpha value is 1.06. The molecule has 1 rings (SSSR count). The molecule has 1 fully saturated rings. The zero-order valence-corrected chi connectivity index (χ0v) is 6.17. The average molecular weight is 159 g/mol. The molecule has 0 aromatic rings. The quantitative estimate of drug-likeness (QED) is 0.374. The van der Waals surface area contributed by atoms with Crippen LogP contribution in [0.1, 0.15) is 39.0 Å². The maximum Gasteiger partial charge on any atom is 0.316 e. The average Bonchev–Trinajstić information content (AvgIpc) is 1.65. The lowest BCUT2D eigenvalue weighted by molar-refractivity contribution is 0.414. The standard InChI is InChI=1S/C7H13Cl.Mg.2H/c1-7(8)5-3-2-4-6-7;;;/h2-6H2,1H3;;;. The number of hydrogen-bond acceptors (Lipinski definition) is 0. The van der Waals surface area contributed by atoms with E-state index in [1.807, 2.05) is 0 Å². The van der Waals surface area contributed by atoms with Crippen molar-refractivity contribution in [1.29, 1.82) is 0 Å². The summed E-state index contributed by atoms with van der Waals surface area (Å²) in [4.78, 5) is 0.151. The highest BCUT2D eigenvalue weighted by molar-refractivity contribution is 6.23. The number of hydrogen-bond donors (Lipinski definition) is 0. The van der Waals surface area contributed by atoms with Gasteiger partial charge in [0.15, 0.2) is 0 Å². The van der Waals surface area contributed by atoms with Gasteiger partial charge >= 0.3 is 23.1 Å². The van der Waals surface area contributed by atoms with Crippen molar-refractivity contribution in [3.8, 4) is 0 Å². The lowest BCUT2D eigenvalue weighted by Gasteiger charge is -2.26. The van der Waals surface area contributed by atoms with Crippen LogP contribution >= 0.6 is 11.6 Å². The summed E-state index contributed by atoms with van der Waals surface area (Å²) in [5.41, 5.74) is 0. The number of rotatable bonds is 0. The van der Waals surface area contributed by atoms with Gasteiger partial charge in [0.1, 0.15) is 0 Å². The van der Waals surface area contributed by atoms with Gasteiger partial charge in [0.25, 0.3) is 0 Å². The fourth-order valence-corrected chi connectivity index (χ4v) is 1.56. The molecule has 1 saturated carbocycles. The van der Waals surface area contributed by atoms with E-state index in [0.29, 0.717) is 0 Å². The van der Waals surface area contributed by atoms with Crippen LogP contribution in [0.15, 0.2) is 0 Å². The lowest BCUT2D eigenvalue weighted by Crippen LogP contribution is -2.19. The molecule has 0 aromatic heterocycles. The maximum absolute atomic E-state index is 6.07. The Morgan fingerprint density at radius 3 is 1.78 bits per heavy atom. The van der Waals surface area contributed by atoms with Gasteiger partial charge in [-0.3, -0.25) is 0 Å². The van der Waals surface area contributed by atoms with Crippen molar-refractivity contribution in [3.05, 3.63) is 0 Å². The highest BCUT2D eigenvalue weighted by atomic mass is 35.5. The van der Waals surface area contributed by atoms with Gasteiger partial charge in [-0.25, -0.2) is 0 Å². The molecule has 0 bridgehead atoms. The SMILES string of the molecule is CC1(Cl)CCCCC1.[MgH2]. The zero-order valence-electron chi connectivity index (χ0n) is 5.41. The van der Waals surface area contributed by atoms with Crippen molar-refractivity contribution in [3.63, 3.8) is 0 Å². The molecule has 2 heteroatoms. The Morgan fingerprint density at radius 2 is 1.56 bits per heavy atom. The van der Waals surface area contributed by atoms with Gasteiger partial charge < -0.3 is 0 Å². The Balaban J connectivity index is 0.000000640. The first-order valence-electron chi connectivity index (χ1n) is 3.40. The van der Waals surface area contributed by atoms with Gasteiger partial charge in [0, 0.05) is 4.87 Å². The van der Waals surface area contributed by atoms with Gasteiger partial charge in [-0.1, -0.05) is 19.3 Å². The second-order valence-corrected chi connectivity index (χ2v) is 3.89. The van der Waals surface area contributed by atoms with Gasteiger partial charge in [0.05, 0.1) is 0 Å². The highest BCUT2D eigenvalue weighted by Crippen LogP contribution is 2.32. The monoisotopic (exact) mass is 158 g/mol. The van der Waals surface area contributed by atoms with E-state index < -0.39 is 0 Å². The van der Waals surface area contributed by atoms with Crippen LogP contribution in [0.2, 0.25) is 0 Å². The van der Waals surface area contributed by atoms with E-state index in [-0.39, 0.29) is 27.9 Å². The summed E-state index contributed by atoms with van der Waals surface area (Å²) in [5.74, 6) is 0. The maximum atomic E-state index is 6.07. The van der Waals surface area contributed by atoms with Gasteiger partial charge in [-0.2, -0.15) is 0 Å². The van der Waals surface area contributed by atoms with Crippen LogP contribution in [-0.2, 0) is 0 Å². The van der Waals surface area contributed by atoms with Gasteiger partial charge in [-0.05, 0) is 19.8 Å². The molecule has 0 spiro atoms. The Morgan fingerprint density at radius 1 is 1.11 bits per heavy atom. The minimum atomic E-state index is 0. The van der Waals surface area contributed by atoms with Crippen molar-refractivity contribution >= 4 is 34.7 Å². The Kier molecular flexibility index (Phi) is 4.52. The minimum absolute atomic E-state index is 0. The van der Waals surface area contributed by atoms with Crippen molar-refractivity contribution < 1.29 is 0 Å². The van der Waals surface area contributed by atoms with Crippen LogP contribution in [0.4, 0.5) is 0 Å². The van der Waals surface area contributed by atoms with Crippen molar-refractivity contribution in [2.75, 3.05) is 0 Å². The topological polar surface area (TPSA) is 0 Å². The van der Waals surface area contributed by atoms with Crippen LogP contribution in [-0.4, -0.2) is 27.9 Å². The van der Waals surface area contributed by atoms with Crippen LogP contribution in [0.3, 0.4) is 0 Å². The normalized spacial score (nSPS) is 24.7. The second-order valence-electron chi connectivity index (χ2n) is 2.97. The molecule has 9 heavy (non-hydrogen) atoms. The molecule has 1 aliphatic rings. The molecule has 0 unspecified atom stereocenters. The first kappa shape index (κ1) is 10.1. The predicted octanol–water partition coefficient (Wildman–Crippen LogP) is 2.03. The fraction of sp³-hybridized carbons (Fsp3) is 1.00. The Bertz CT molecular complexity index is 73.0. The summed E-state index contributed by atoms with van der Waals surface area (Å²) in [6, 6.07) is 0. The summed E-state index contributed by atoms with van der Waals surface area (Å²) >= 11 is 6.07. The predicted molar refractivity (Wildman–Crippen MR) is 45.9 cm³/mol. The van der Waals surface area contributed by atoms with Crippen LogP contribution < -0.4 is 0 Å². The van der Waals surface area contributed by atoms with Gasteiger partial charge in [-0.15, -0.1) is 11.6 Å². The molecule has 0 aliphatic heterocycles. The van der Waals surface area contributed by atoms with Crippen LogP contribution in [0, 0.1) is 0 Å². The van der Waals surface area contributed by atoms with E-state index in [9.17, 15) is 0 Å². The van der Waals surface area contributed by atoms with Crippen LogP contribution in [0.25, 0.3) is 0 Å². The molecular weight excluding hydrogens is 144 g/mol. The van der Waals surface area contributed by atoms with E-state index in [4.69, 9.17) is 11.6 Å². The summed E-state index contributed by atoms with van der Waals surface area (Å²) in [5, 5.41) is 0. The molecule has 0 heterocycles. The molecule has 0 atom stereocenters. The summed E-state index contributed by atoms with van der Waals surface area (Å²) in [6.45, 7) is 2.15. The van der Waals surface area contributed by atoms with Crippen molar-refractivity contribution in [1.82, 2.24) is 0 Å². The number of halogens is 1. The fourth-order valence-electron chi connectivity index (χ4n) is 1.29. The van der Waals surface area contributed by atoms with Crippen molar-refractivity contribution in [2.45, 2.75) is 43.9 Å². The van der Waals surface area contributed by atoms with Crippen molar-refractivity contribution in [2.24, 2.45) is 0 Å². The Labute approximate surface area is 78.5 Å². The van der Waals surface area contributed by atoms with E-state index >= 15 is 0 Å². The van der Waals surface area contributed by atoms with E-state index in [2.05, 4.69) is 6.92 Å². The molecule has 0 aromatic carbocycles. The highest BCUT2D eigenvalue weighted by Gasteiger charge is 2.22. The molecule has 0 amide bonds. The van der Waals surface area contributed by atoms with E-state index in [1.165, 1.54) is 32.1 Å². The van der Waals surface area contributed by atoms with Gasteiger partial charge in [0.2, 0.25) is 0 Å². The summed E-state index contributed by atoms with van der Waals surface area (Å²) < 4.78 is 0. The molecule has 52 valence electrons. The third kappa shape index (κ3) is 3.69. The first-order chi connectivity index (χ1) is 3.71. The largest absolute Gasteiger partial charge is 0.316 e. The molecule has 0 radical (unpaired) electrons. The molecule has 1 aliphatic carbocycles. The molecule has 0 N–H and O–H groups in total. The third-order valence-electron chi connectivity index (χ3n) is 1.90. The lowest BCUT2D eigenvalue weighted by atomic mass is 9.90. The summed E-state index contributed by atoms with van der Waals surface area (Å²) in [6.07, 6.45) is 6.49. The molecule has 0 nitrogen and oxygen atoms in total. The van der Waals surface area contributed by atoms with E-state index in [1.54, 1.807) is 0 Å². The minimum Gasteiger partial charge on any atom is -0.120 e. The first-order valence-corrected chi connectivity index (χ1v) is 3.77. The third-order valence-corrected chi connectivity index (χ3v) is 2.27.